The summed E-state index contributed by atoms with van der Waals surface area (Å²) in [4.78, 5) is 25.4. The molecular weight excluding hydrogens is 384 g/mol. The van der Waals surface area contributed by atoms with Gasteiger partial charge in [0.05, 0.1) is 6.10 Å². The van der Waals surface area contributed by atoms with Gasteiger partial charge in [0.2, 0.25) is 5.89 Å². The molecule has 9 nitrogen and oxygen atoms in total. The quantitative estimate of drug-likeness (QED) is 0.543. The normalized spacial score (nSPS) is 12.6. The minimum absolute atomic E-state index is 0.0794. The van der Waals surface area contributed by atoms with Gasteiger partial charge in [0.15, 0.2) is 17.0 Å². The minimum atomic E-state index is -0.791. The minimum Gasteiger partial charge on any atom is -0.388 e. The third kappa shape index (κ3) is 3.41. The molecule has 0 aliphatic heterocycles. The lowest BCUT2D eigenvalue weighted by atomic mass is 10.1. The second-order valence-corrected chi connectivity index (χ2v) is 6.88. The van der Waals surface area contributed by atoms with Crippen LogP contribution in [0, 0.1) is 6.92 Å². The van der Waals surface area contributed by atoms with Crippen LogP contribution in [0.2, 0.25) is 5.02 Å². The van der Waals surface area contributed by atoms with Crippen LogP contribution >= 0.6 is 11.6 Å². The maximum absolute atomic E-state index is 12.7. The van der Waals surface area contributed by atoms with E-state index in [1.807, 2.05) is 6.92 Å². The Hall–Kier alpha value is -3.04. The number of aromatic nitrogens is 6. The molecule has 0 saturated carbocycles. The molecule has 0 aliphatic rings. The third-order valence-electron chi connectivity index (χ3n) is 4.53. The van der Waals surface area contributed by atoms with Gasteiger partial charge in [-0.3, -0.25) is 9.36 Å². The van der Waals surface area contributed by atoms with Crippen LogP contribution in [0.15, 0.2) is 39.9 Å². The molecule has 3 heterocycles. The van der Waals surface area contributed by atoms with Crippen molar-refractivity contribution in [3.63, 3.8) is 0 Å². The molecule has 3 aromatic heterocycles. The van der Waals surface area contributed by atoms with E-state index < -0.39 is 6.10 Å². The second kappa shape index (κ2) is 7.17. The molecule has 10 heteroatoms. The van der Waals surface area contributed by atoms with Crippen LogP contribution in [0.1, 0.15) is 29.2 Å². The molecule has 0 bridgehead atoms. The molecule has 4 rings (SSSR count). The van der Waals surface area contributed by atoms with Gasteiger partial charge in [-0.2, -0.15) is 4.98 Å². The molecule has 1 N–H and O–H groups in total. The molecule has 0 radical (unpaired) electrons. The van der Waals surface area contributed by atoms with Crippen molar-refractivity contribution in [2.75, 3.05) is 0 Å². The van der Waals surface area contributed by atoms with Crippen molar-refractivity contribution in [2.45, 2.75) is 26.0 Å². The number of rotatable bonds is 5. The second-order valence-electron chi connectivity index (χ2n) is 6.44. The Morgan fingerprint density at radius 2 is 2.00 bits per heavy atom. The molecule has 4 aromatic rings. The molecular formula is C18H17ClN6O3. The molecule has 0 saturated heterocycles. The van der Waals surface area contributed by atoms with Crippen molar-refractivity contribution in [3.05, 3.63) is 69.1 Å². The Morgan fingerprint density at radius 3 is 2.75 bits per heavy atom. The zero-order valence-electron chi connectivity index (χ0n) is 15.2. The number of fused-ring (bicyclic) bond motifs is 1. The van der Waals surface area contributed by atoms with Crippen molar-refractivity contribution in [1.29, 1.82) is 0 Å². The first-order chi connectivity index (χ1) is 13.4. The smallest absolute Gasteiger partial charge is 0.280 e. The Labute approximate surface area is 164 Å². The van der Waals surface area contributed by atoms with Crippen molar-refractivity contribution in [1.82, 2.24) is 29.2 Å². The lowest BCUT2D eigenvalue weighted by Gasteiger charge is -2.08. The van der Waals surface area contributed by atoms with Crippen molar-refractivity contribution in [2.24, 2.45) is 7.05 Å². The molecule has 1 atom stereocenters. The fourth-order valence-electron chi connectivity index (χ4n) is 2.91. The van der Waals surface area contributed by atoms with E-state index in [0.717, 1.165) is 0 Å². The van der Waals surface area contributed by atoms with Gasteiger partial charge in [0, 0.05) is 18.5 Å². The summed E-state index contributed by atoms with van der Waals surface area (Å²) in [6.07, 6.45) is 0.794. The van der Waals surface area contributed by atoms with Gasteiger partial charge < -0.3 is 14.2 Å². The number of aryl methyl sites for hydroxylation is 2. The van der Waals surface area contributed by atoms with Gasteiger partial charge in [0.1, 0.15) is 18.7 Å². The summed E-state index contributed by atoms with van der Waals surface area (Å²) in [6, 6.07) is 6.89. The predicted molar refractivity (Wildman–Crippen MR) is 101 cm³/mol. The maximum Gasteiger partial charge on any atom is 0.280 e. The predicted octanol–water partition coefficient (Wildman–Crippen LogP) is 1.80. The highest BCUT2D eigenvalue weighted by Crippen LogP contribution is 2.19. The first-order valence-corrected chi connectivity index (χ1v) is 8.93. The molecule has 0 fully saturated rings. The number of halogens is 1. The zero-order valence-corrected chi connectivity index (χ0v) is 16.0. The first kappa shape index (κ1) is 18.3. The Bertz CT molecular complexity index is 1190. The van der Waals surface area contributed by atoms with Crippen LogP contribution in [0.25, 0.3) is 11.2 Å². The molecule has 0 aliphatic carbocycles. The number of aliphatic hydroxyl groups is 1. The van der Waals surface area contributed by atoms with Crippen molar-refractivity contribution in [3.8, 4) is 0 Å². The number of aliphatic hydroxyl groups excluding tert-OH is 1. The van der Waals surface area contributed by atoms with Crippen LogP contribution in [0.4, 0.5) is 0 Å². The van der Waals surface area contributed by atoms with Crippen LogP contribution in [-0.2, 0) is 20.0 Å². The first-order valence-electron chi connectivity index (χ1n) is 8.56. The molecule has 28 heavy (non-hydrogen) atoms. The van der Waals surface area contributed by atoms with E-state index in [-0.39, 0.29) is 24.4 Å². The molecule has 0 amide bonds. The lowest BCUT2D eigenvalue weighted by molar-refractivity contribution is 0.174. The standard InChI is InChI=1S/C18H17ClN6O3/c1-10-21-17-16(24(10)2)18(27)25(9-20-17)8-15-22-14(23-28-15)7-13(26)11-3-5-12(19)6-4-11/h3-6,9,13,26H,7-8H2,1-2H3. The SMILES string of the molecule is Cc1nc2ncn(Cc3nc(CC(O)c4ccc(Cl)cc4)no3)c(=O)c2n1C. The van der Waals surface area contributed by atoms with E-state index in [1.165, 1.54) is 10.9 Å². The Morgan fingerprint density at radius 1 is 1.25 bits per heavy atom. The van der Waals surface area contributed by atoms with Crippen LogP contribution in [0.3, 0.4) is 0 Å². The van der Waals surface area contributed by atoms with Crippen LogP contribution < -0.4 is 5.56 Å². The van der Waals surface area contributed by atoms with Gasteiger partial charge in [-0.05, 0) is 24.6 Å². The highest BCUT2D eigenvalue weighted by Gasteiger charge is 2.16. The summed E-state index contributed by atoms with van der Waals surface area (Å²) in [5.41, 5.74) is 1.28. The maximum atomic E-state index is 12.7. The molecule has 0 spiro atoms. The number of hydrogen-bond donors (Lipinski definition) is 1. The number of benzene rings is 1. The van der Waals surface area contributed by atoms with Gasteiger partial charge in [-0.25, -0.2) is 9.97 Å². The van der Waals surface area contributed by atoms with Crippen LogP contribution in [0.5, 0.6) is 0 Å². The number of hydrogen-bond acceptors (Lipinski definition) is 7. The third-order valence-corrected chi connectivity index (χ3v) is 4.78. The Kier molecular flexibility index (Phi) is 4.70. The van der Waals surface area contributed by atoms with Gasteiger partial charge in [-0.15, -0.1) is 0 Å². The summed E-state index contributed by atoms with van der Waals surface area (Å²) in [6.45, 7) is 1.89. The number of nitrogens with zero attached hydrogens (tertiary/aromatic N) is 6. The van der Waals surface area contributed by atoms with Crippen molar-refractivity contribution >= 4 is 22.8 Å². The van der Waals surface area contributed by atoms with Gasteiger partial charge in [0.25, 0.3) is 5.56 Å². The summed E-state index contributed by atoms with van der Waals surface area (Å²) < 4.78 is 8.31. The summed E-state index contributed by atoms with van der Waals surface area (Å²) in [7, 11) is 1.76. The van der Waals surface area contributed by atoms with E-state index in [9.17, 15) is 9.90 Å². The highest BCUT2D eigenvalue weighted by atomic mass is 35.5. The molecule has 144 valence electrons. The van der Waals surface area contributed by atoms with E-state index in [4.69, 9.17) is 16.1 Å². The monoisotopic (exact) mass is 400 g/mol. The molecule has 1 unspecified atom stereocenters. The zero-order chi connectivity index (χ0) is 19.8. The van der Waals surface area contributed by atoms with Gasteiger partial charge >= 0.3 is 0 Å². The fourth-order valence-corrected chi connectivity index (χ4v) is 3.03. The van der Waals surface area contributed by atoms with E-state index in [1.54, 1.807) is 35.9 Å². The summed E-state index contributed by atoms with van der Waals surface area (Å²) in [5, 5.41) is 14.8. The summed E-state index contributed by atoms with van der Waals surface area (Å²) >= 11 is 5.86. The fraction of sp³-hybridized carbons (Fsp3) is 0.278. The van der Waals surface area contributed by atoms with E-state index >= 15 is 0 Å². The average molecular weight is 401 g/mol. The highest BCUT2D eigenvalue weighted by molar-refractivity contribution is 6.30. The topological polar surface area (TPSA) is 112 Å². The molecule has 1 aromatic carbocycles. The largest absolute Gasteiger partial charge is 0.388 e. The van der Waals surface area contributed by atoms with Crippen molar-refractivity contribution < 1.29 is 9.63 Å². The number of imidazole rings is 1. The lowest BCUT2D eigenvalue weighted by Crippen LogP contribution is -2.22. The van der Waals surface area contributed by atoms with E-state index in [2.05, 4.69) is 20.1 Å². The Balaban J connectivity index is 1.53. The van der Waals surface area contributed by atoms with Crippen LogP contribution in [-0.4, -0.2) is 34.3 Å². The van der Waals surface area contributed by atoms with E-state index in [0.29, 0.717) is 33.4 Å². The average Bonchev–Trinajstić information content (AvgIpc) is 3.22. The van der Waals surface area contributed by atoms with Gasteiger partial charge in [-0.1, -0.05) is 28.9 Å². The summed E-state index contributed by atoms with van der Waals surface area (Å²) in [5.74, 6) is 1.30.